The monoisotopic (exact) mass is 111 g/mol. The number of aliphatic imine (C=N–C) groups is 1. The van der Waals surface area contributed by atoms with E-state index in [1.54, 1.807) is 6.08 Å². The van der Waals surface area contributed by atoms with Crippen LogP contribution in [0.15, 0.2) is 4.99 Å². The Hall–Kier alpha value is -0.620. The molecule has 0 bridgehead atoms. The zero-order valence-corrected chi connectivity index (χ0v) is 5.14. The third-order valence-corrected chi connectivity index (χ3v) is 1.92. The number of isocyanates is 1. The second-order valence-electron chi connectivity index (χ2n) is 2.67. The van der Waals surface area contributed by atoms with Gasteiger partial charge < -0.3 is 0 Å². The van der Waals surface area contributed by atoms with Gasteiger partial charge in [0, 0.05) is 0 Å². The van der Waals surface area contributed by atoms with Gasteiger partial charge in [0.15, 0.2) is 0 Å². The van der Waals surface area contributed by atoms with Gasteiger partial charge in [-0.3, -0.25) is 0 Å². The van der Waals surface area contributed by atoms with Gasteiger partial charge in [0.25, 0.3) is 0 Å². The van der Waals surface area contributed by atoms with E-state index in [1.165, 1.54) is 0 Å². The first kappa shape index (κ1) is 5.52. The van der Waals surface area contributed by atoms with Crippen LogP contribution in [0.5, 0.6) is 0 Å². The summed E-state index contributed by atoms with van der Waals surface area (Å²) in [6, 6.07) is 0. The van der Waals surface area contributed by atoms with Crippen LogP contribution < -0.4 is 0 Å². The zero-order chi connectivity index (χ0) is 6.20. The number of rotatable bonds is 1. The lowest BCUT2D eigenvalue weighted by Gasteiger charge is -1.93. The fraction of sp³-hybridized carbons (Fsp3) is 0.833. The molecule has 0 radical (unpaired) electrons. The van der Waals surface area contributed by atoms with Crippen molar-refractivity contribution >= 4 is 6.08 Å². The molecule has 2 atom stereocenters. The molecule has 0 aliphatic heterocycles. The van der Waals surface area contributed by atoms with Crippen molar-refractivity contribution in [3.63, 3.8) is 0 Å². The van der Waals surface area contributed by atoms with Crippen LogP contribution in [0, 0.1) is 5.92 Å². The second kappa shape index (κ2) is 1.43. The summed E-state index contributed by atoms with van der Waals surface area (Å²) in [7, 11) is 0. The fourth-order valence-corrected chi connectivity index (χ4v) is 0.821. The van der Waals surface area contributed by atoms with Crippen LogP contribution >= 0.6 is 0 Å². The quantitative estimate of drug-likeness (QED) is 0.368. The molecule has 0 aromatic heterocycles. The molecule has 2 unspecified atom stereocenters. The Morgan fingerprint density at radius 3 is 2.50 bits per heavy atom. The smallest absolute Gasteiger partial charge is 0.211 e. The van der Waals surface area contributed by atoms with Crippen molar-refractivity contribution in [2.45, 2.75) is 25.8 Å². The zero-order valence-electron chi connectivity index (χ0n) is 5.14. The van der Waals surface area contributed by atoms with Crippen LogP contribution in [0.4, 0.5) is 0 Å². The van der Waals surface area contributed by atoms with Gasteiger partial charge in [0.1, 0.15) is 0 Å². The largest absolute Gasteiger partial charge is 0.235 e. The highest BCUT2D eigenvalue weighted by Gasteiger charge is 2.46. The summed E-state index contributed by atoms with van der Waals surface area (Å²) in [5.74, 6) is 0.587. The molecule has 0 spiro atoms. The van der Waals surface area contributed by atoms with Crippen molar-refractivity contribution < 1.29 is 4.79 Å². The van der Waals surface area contributed by atoms with Crippen LogP contribution in [0.1, 0.15) is 20.3 Å². The summed E-state index contributed by atoms with van der Waals surface area (Å²) in [6.07, 6.45) is 2.62. The third-order valence-electron chi connectivity index (χ3n) is 1.92. The van der Waals surface area contributed by atoms with Crippen molar-refractivity contribution in [2.75, 3.05) is 0 Å². The average Bonchev–Trinajstić information content (AvgIpc) is 2.16. The molecule has 2 nitrogen and oxygen atoms in total. The number of nitrogens with zero attached hydrogens (tertiary/aromatic N) is 1. The summed E-state index contributed by atoms with van der Waals surface area (Å²) in [5.41, 5.74) is -0.0399. The Bertz CT molecular complexity index is 149. The van der Waals surface area contributed by atoms with Crippen LogP contribution in [-0.2, 0) is 4.79 Å². The Kier molecular flexibility index (Phi) is 0.983. The molecule has 1 fully saturated rings. The van der Waals surface area contributed by atoms with Gasteiger partial charge in [-0.2, -0.15) is 4.99 Å². The summed E-state index contributed by atoms with van der Waals surface area (Å²) in [6.45, 7) is 4.06. The van der Waals surface area contributed by atoms with Gasteiger partial charge in [-0.1, -0.05) is 6.92 Å². The molecule has 0 amide bonds. The minimum Gasteiger partial charge on any atom is -0.211 e. The molecule has 0 N–H and O–H groups in total. The lowest BCUT2D eigenvalue weighted by atomic mass is 10.3. The standard InChI is InChI=1S/C6H9NO/c1-5-3-6(5,2)7-4-8/h5H,3H2,1-2H3. The second-order valence-corrected chi connectivity index (χ2v) is 2.67. The molecule has 8 heavy (non-hydrogen) atoms. The van der Waals surface area contributed by atoms with Gasteiger partial charge >= 0.3 is 0 Å². The molecule has 1 aliphatic carbocycles. The van der Waals surface area contributed by atoms with E-state index < -0.39 is 0 Å². The van der Waals surface area contributed by atoms with Crippen molar-refractivity contribution in [3.05, 3.63) is 0 Å². The highest BCUT2D eigenvalue weighted by atomic mass is 16.1. The molecule has 0 heterocycles. The molecular weight excluding hydrogens is 102 g/mol. The minimum absolute atomic E-state index is 0.0399. The Morgan fingerprint density at radius 2 is 2.38 bits per heavy atom. The van der Waals surface area contributed by atoms with Crippen molar-refractivity contribution in [3.8, 4) is 0 Å². The number of hydrogen-bond donors (Lipinski definition) is 0. The van der Waals surface area contributed by atoms with Crippen molar-refractivity contribution in [1.82, 2.24) is 0 Å². The molecule has 2 heteroatoms. The summed E-state index contributed by atoms with van der Waals surface area (Å²) in [4.78, 5) is 13.4. The van der Waals surface area contributed by atoms with Gasteiger partial charge in [-0.25, -0.2) is 4.79 Å². The van der Waals surface area contributed by atoms with E-state index in [2.05, 4.69) is 11.9 Å². The van der Waals surface area contributed by atoms with E-state index in [1.807, 2.05) is 6.92 Å². The molecule has 0 saturated heterocycles. The van der Waals surface area contributed by atoms with Gasteiger partial charge in [0.05, 0.1) is 5.54 Å². The maximum atomic E-state index is 9.71. The SMILES string of the molecule is CC1CC1(C)N=C=O. The van der Waals surface area contributed by atoms with Gasteiger partial charge in [-0.05, 0) is 19.3 Å². The molecule has 1 rings (SSSR count). The molecule has 44 valence electrons. The minimum atomic E-state index is -0.0399. The molecule has 1 aliphatic rings. The average molecular weight is 111 g/mol. The van der Waals surface area contributed by atoms with Crippen molar-refractivity contribution in [1.29, 1.82) is 0 Å². The number of hydrogen-bond acceptors (Lipinski definition) is 2. The molecule has 0 aromatic rings. The molecular formula is C6H9NO. The predicted molar refractivity (Wildman–Crippen MR) is 30.3 cm³/mol. The fourth-order valence-electron chi connectivity index (χ4n) is 0.821. The van der Waals surface area contributed by atoms with Crippen LogP contribution in [0.2, 0.25) is 0 Å². The first-order valence-corrected chi connectivity index (χ1v) is 2.78. The van der Waals surface area contributed by atoms with E-state index in [0.29, 0.717) is 5.92 Å². The Labute approximate surface area is 48.6 Å². The van der Waals surface area contributed by atoms with Crippen LogP contribution in [0.3, 0.4) is 0 Å². The summed E-state index contributed by atoms with van der Waals surface area (Å²) in [5, 5.41) is 0. The van der Waals surface area contributed by atoms with E-state index in [0.717, 1.165) is 6.42 Å². The lowest BCUT2D eigenvalue weighted by Crippen LogP contribution is -1.97. The first-order valence-electron chi connectivity index (χ1n) is 2.78. The van der Waals surface area contributed by atoms with E-state index in [-0.39, 0.29) is 5.54 Å². The van der Waals surface area contributed by atoms with Gasteiger partial charge in [0.2, 0.25) is 6.08 Å². The number of carbonyl (C=O) groups excluding carboxylic acids is 1. The van der Waals surface area contributed by atoms with Crippen LogP contribution in [-0.4, -0.2) is 11.6 Å². The lowest BCUT2D eigenvalue weighted by molar-refractivity contribution is 0.554. The highest BCUT2D eigenvalue weighted by molar-refractivity contribution is 5.36. The normalized spacial score (nSPS) is 43.0. The maximum Gasteiger partial charge on any atom is 0.235 e. The topological polar surface area (TPSA) is 29.4 Å². The summed E-state index contributed by atoms with van der Waals surface area (Å²) >= 11 is 0. The van der Waals surface area contributed by atoms with E-state index in [4.69, 9.17) is 0 Å². The van der Waals surface area contributed by atoms with Gasteiger partial charge in [-0.15, -0.1) is 0 Å². The van der Waals surface area contributed by atoms with E-state index >= 15 is 0 Å². The Balaban J connectivity index is 2.59. The van der Waals surface area contributed by atoms with Crippen LogP contribution in [0.25, 0.3) is 0 Å². The molecule has 0 aromatic carbocycles. The Morgan fingerprint density at radius 1 is 1.88 bits per heavy atom. The highest BCUT2D eigenvalue weighted by Crippen LogP contribution is 2.45. The molecule has 1 saturated carbocycles. The maximum absolute atomic E-state index is 9.71. The van der Waals surface area contributed by atoms with Crippen molar-refractivity contribution in [2.24, 2.45) is 10.9 Å². The summed E-state index contributed by atoms with van der Waals surface area (Å²) < 4.78 is 0. The van der Waals surface area contributed by atoms with E-state index in [9.17, 15) is 4.79 Å². The first-order chi connectivity index (χ1) is 3.69. The predicted octanol–water partition coefficient (Wildman–Crippen LogP) is 1.12. The third kappa shape index (κ3) is 0.673.